The van der Waals surface area contributed by atoms with Gasteiger partial charge in [0.15, 0.2) is 0 Å². The van der Waals surface area contributed by atoms with E-state index in [-0.39, 0.29) is 0 Å². The Kier molecular flexibility index (Phi) is 11.9. The Morgan fingerprint density at radius 2 is 1.31 bits per heavy atom. The number of methoxy groups -OCH3 is 1. The number of nitrogens with zero attached hydrogens (tertiary/aromatic N) is 2. The number of unbranched alkanes of at least 4 members (excludes halogenated alkanes) is 1. The summed E-state index contributed by atoms with van der Waals surface area (Å²) in [5, 5.41) is 20.3. The Hall–Kier alpha value is -3.32. The molecule has 0 N–H and O–H groups in total. The molecule has 0 aliphatic carbocycles. The molecule has 0 aliphatic rings. The van der Waals surface area contributed by atoms with Gasteiger partial charge in [0.2, 0.25) is 0 Å². The van der Waals surface area contributed by atoms with Gasteiger partial charge in [-0.1, -0.05) is 89.2 Å². The Morgan fingerprint density at radius 3 is 1.74 bits per heavy atom. The van der Waals surface area contributed by atoms with E-state index in [0.29, 0.717) is 46.3 Å². The summed E-state index contributed by atoms with van der Waals surface area (Å²) in [6, 6.07) is 23.8. The first-order valence-corrected chi connectivity index (χ1v) is 14.6. The highest BCUT2D eigenvalue weighted by molar-refractivity contribution is 9.10. The van der Waals surface area contributed by atoms with Crippen LogP contribution in [0.5, 0.6) is 11.5 Å². The highest BCUT2D eigenvalue weighted by atomic mass is 79.9. The van der Waals surface area contributed by atoms with Gasteiger partial charge in [0.05, 0.1) is 37.0 Å². The van der Waals surface area contributed by atoms with E-state index < -0.39 is 0 Å². The molecule has 0 radical (unpaired) electrons. The van der Waals surface area contributed by atoms with E-state index in [2.05, 4.69) is 57.8 Å². The van der Waals surface area contributed by atoms with Crippen molar-refractivity contribution in [2.75, 3.05) is 13.7 Å². The summed E-state index contributed by atoms with van der Waals surface area (Å²) in [5.41, 5.74) is 3.93. The van der Waals surface area contributed by atoms with E-state index in [4.69, 9.17) is 9.47 Å². The van der Waals surface area contributed by atoms with Crippen LogP contribution < -0.4 is 9.47 Å². The van der Waals surface area contributed by atoms with Gasteiger partial charge < -0.3 is 9.47 Å². The summed E-state index contributed by atoms with van der Waals surface area (Å²) in [6.07, 6.45) is 8.03. The van der Waals surface area contributed by atoms with Gasteiger partial charge in [-0.05, 0) is 72.0 Å². The fraction of sp³-hybridized carbons (Fsp3) is 0.273. The van der Waals surface area contributed by atoms with Crippen molar-refractivity contribution in [3.8, 4) is 23.6 Å². The van der Waals surface area contributed by atoms with Gasteiger partial charge in [0.1, 0.15) is 11.5 Å². The lowest BCUT2D eigenvalue weighted by Gasteiger charge is -2.20. The van der Waals surface area contributed by atoms with E-state index in [1.807, 2.05) is 66.7 Å². The van der Waals surface area contributed by atoms with Crippen LogP contribution in [-0.4, -0.2) is 13.7 Å². The lowest BCUT2D eigenvalue weighted by Crippen LogP contribution is -2.12. The number of halogens is 2. The molecule has 0 saturated carbocycles. The average Bonchev–Trinajstić information content (AvgIpc) is 2.96. The van der Waals surface area contributed by atoms with Crippen molar-refractivity contribution < 1.29 is 9.47 Å². The summed E-state index contributed by atoms with van der Waals surface area (Å²) in [5.74, 6) is 1.46. The Bertz CT molecular complexity index is 1400. The lowest BCUT2D eigenvalue weighted by atomic mass is 9.96. The van der Waals surface area contributed by atoms with Crippen LogP contribution >= 0.6 is 31.9 Å². The minimum atomic E-state index is 0.401. The molecule has 0 amide bonds. The van der Waals surface area contributed by atoms with Crippen molar-refractivity contribution in [2.45, 2.75) is 39.5 Å². The molecule has 3 rings (SSSR count). The van der Waals surface area contributed by atoms with Crippen LogP contribution in [0.25, 0.3) is 23.3 Å². The highest BCUT2D eigenvalue weighted by Gasteiger charge is 2.19. The summed E-state index contributed by atoms with van der Waals surface area (Å²) < 4.78 is 14.1. The van der Waals surface area contributed by atoms with Gasteiger partial charge in [0, 0.05) is 20.1 Å². The minimum Gasteiger partial charge on any atom is -0.496 e. The predicted octanol–water partition coefficient (Wildman–Crippen LogP) is 9.94. The van der Waals surface area contributed by atoms with E-state index in [1.165, 1.54) is 0 Å². The SMILES string of the molecule is CCCCC(CC)COc1cc(/C(C#N)=C/c2ccc(Br)cc2)c(OC)cc1/C(C#N)=C/c1ccc(Br)cc1. The molecule has 200 valence electrons. The fourth-order valence-corrected chi connectivity index (χ4v) is 4.70. The molecule has 0 saturated heterocycles. The quantitative estimate of drug-likeness (QED) is 0.145. The molecule has 4 nitrogen and oxygen atoms in total. The summed E-state index contributed by atoms with van der Waals surface area (Å²) in [4.78, 5) is 0. The molecule has 39 heavy (non-hydrogen) atoms. The maximum Gasteiger partial charge on any atom is 0.128 e. The zero-order chi connectivity index (χ0) is 28.2. The van der Waals surface area contributed by atoms with Crippen LogP contribution in [0.15, 0.2) is 69.6 Å². The summed E-state index contributed by atoms with van der Waals surface area (Å²) >= 11 is 6.92. The highest BCUT2D eigenvalue weighted by Crippen LogP contribution is 2.38. The van der Waals surface area contributed by atoms with Gasteiger partial charge in [-0.25, -0.2) is 0 Å². The Balaban J connectivity index is 2.14. The Morgan fingerprint density at radius 1 is 0.821 bits per heavy atom. The molecule has 3 aromatic rings. The van der Waals surface area contributed by atoms with Gasteiger partial charge in [-0.3, -0.25) is 0 Å². The van der Waals surface area contributed by atoms with Crippen LogP contribution in [0.4, 0.5) is 0 Å². The van der Waals surface area contributed by atoms with E-state index >= 15 is 0 Å². The van der Waals surface area contributed by atoms with Crippen LogP contribution in [-0.2, 0) is 0 Å². The van der Waals surface area contributed by atoms with Gasteiger partial charge in [-0.15, -0.1) is 0 Å². The minimum absolute atomic E-state index is 0.401. The molecule has 0 fully saturated rings. The molecule has 1 unspecified atom stereocenters. The number of benzene rings is 3. The average molecular weight is 648 g/mol. The van der Waals surface area contributed by atoms with Crippen molar-refractivity contribution >= 4 is 55.2 Å². The van der Waals surface area contributed by atoms with Crippen molar-refractivity contribution in [2.24, 2.45) is 5.92 Å². The first kappa shape index (κ1) is 30.2. The van der Waals surface area contributed by atoms with Crippen LogP contribution in [0.1, 0.15) is 61.8 Å². The zero-order valence-electron chi connectivity index (χ0n) is 22.5. The first-order chi connectivity index (χ1) is 18.9. The zero-order valence-corrected chi connectivity index (χ0v) is 25.7. The van der Waals surface area contributed by atoms with Crippen molar-refractivity contribution in [1.29, 1.82) is 10.5 Å². The smallest absolute Gasteiger partial charge is 0.128 e. The summed E-state index contributed by atoms with van der Waals surface area (Å²) in [6.45, 7) is 4.90. The van der Waals surface area contributed by atoms with Gasteiger partial charge in [-0.2, -0.15) is 10.5 Å². The number of hydrogen-bond acceptors (Lipinski definition) is 4. The summed E-state index contributed by atoms with van der Waals surface area (Å²) in [7, 11) is 1.57. The van der Waals surface area contributed by atoms with E-state index in [0.717, 1.165) is 45.8 Å². The van der Waals surface area contributed by atoms with Crippen LogP contribution in [0.3, 0.4) is 0 Å². The molecule has 0 aromatic heterocycles. The van der Waals surface area contributed by atoms with Crippen LogP contribution in [0.2, 0.25) is 0 Å². The number of hydrogen-bond donors (Lipinski definition) is 0. The lowest BCUT2D eigenvalue weighted by molar-refractivity contribution is 0.232. The molecule has 0 heterocycles. The third-order valence-corrected chi connectivity index (χ3v) is 7.56. The molecule has 0 spiro atoms. The van der Waals surface area contributed by atoms with Crippen LogP contribution in [0, 0.1) is 28.6 Å². The molecule has 6 heteroatoms. The number of allylic oxidation sites excluding steroid dienone is 2. The van der Waals surface area contributed by atoms with Gasteiger partial charge in [0.25, 0.3) is 0 Å². The van der Waals surface area contributed by atoms with E-state index in [9.17, 15) is 10.5 Å². The maximum atomic E-state index is 10.2. The fourth-order valence-electron chi connectivity index (χ4n) is 4.17. The number of nitriles is 2. The van der Waals surface area contributed by atoms with Crippen molar-refractivity contribution in [1.82, 2.24) is 0 Å². The standard InChI is InChI=1S/C33H32Br2N2O2/c1-4-6-7-23(5-2)22-39-33-19-30(26(20-36)16-24-8-12-28(34)13-9-24)32(38-3)18-31(33)27(21-37)17-25-10-14-29(35)15-11-25/h8-19,23H,4-7,22H2,1-3H3/b26-16+,27-17+. The molecule has 0 aliphatic heterocycles. The van der Waals surface area contributed by atoms with Gasteiger partial charge >= 0.3 is 0 Å². The molecule has 0 bridgehead atoms. The topological polar surface area (TPSA) is 66.0 Å². The molecule has 1 atom stereocenters. The second kappa shape index (κ2) is 15.3. The van der Waals surface area contributed by atoms with E-state index in [1.54, 1.807) is 13.2 Å². The van der Waals surface area contributed by atoms with Crippen molar-refractivity contribution in [3.05, 3.63) is 91.9 Å². The Labute approximate surface area is 248 Å². The predicted molar refractivity (Wildman–Crippen MR) is 167 cm³/mol. The second-order valence-electron chi connectivity index (χ2n) is 9.22. The molecule has 3 aromatic carbocycles. The molecular formula is C33H32Br2N2O2. The second-order valence-corrected chi connectivity index (χ2v) is 11.1. The number of rotatable bonds is 12. The van der Waals surface area contributed by atoms with Crippen molar-refractivity contribution in [3.63, 3.8) is 0 Å². The number of ether oxygens (including phenoxy) is 2. The third kappa shape index (κ3) is 8.59. The normalized spacial score (nSPS) is 12.4. The largest absolute Gasteiger partial charge is 0.496 e. The third-order valence-electron chi connectivity index (χ3n) is 6.50. The first-order valence-electron chi connectivity index (χ1n) is 13.0. The monoisotopic (exact) mass is 646 g/mol. The molecular weight excluding hydrogens is 616 g/mol. The maximum absolute atomic E-state index is 10.2.